The average Bonchev–Trinajstić information content (AvgIpc) is 2.74. The molecule has 0 atom stereocenters. The fraction of sp³-hybridized carbons (Fsp3) is 0.300. The molecule has 0 saturated carbocycles. The fourth-order valence-electron chi connectivity index (χ4n) is 1.46. The number of aromatic nitrogens is 4. The first kappa shape index (κ1) is 11.6. The molecule has 1 aromatic heterocycles. The van der Waals surface area contributed by atoms with Crippen LogP contribution in [0.5, 0.6) is 0 Å². The number of hydrogen-bond donors (Lipinski definition) is 1. The maximum atomic E-state index is 13.5. The summed E-state index contributed by atoms with van der Waals surface area (Å²) in [4.78, 5) is 0. The van der Waals surface area contributed by atoms with Crippen LogP contribution in [0.2, 0.25) is 0 Å². The van der Waals surface area contributed by atoms with Gasteiger partial charge in [-0.15, -0.1) is 5.10 Å². The van der Waals surface area contributed by atoms with Gasteiger partial charge in [-0.05, 0) is 35.5 Å². The molecule has 1 aromatic carbocycles. The molecular formula is C10H11F2N5. The number of hydrogen-bond acceptors (Lipinski definition) is 4. The normalized spacial score (nSPS) is 10.8. The third kappa shape index (κ3) is 2.44. The van der Waals surface area contributed by atoms with Gasteiger partial charge in [0.1, 0.15) is 11.6 Å². The minimum Gasteiger partial charge on any atom is -0.330 e. The van der Waals surface area contributed by atoms with Gasteiger partial charge in [0.05, 0.1) is 5.56 Å². The summed E-state index contributed by atoms with van der Waals surface area (Å²) >= 11 is 0. The summed E-state index contributed by atoms with van der Waals surface area (Å²) in [7, 11) is 0. The molecule has 0 aliphatic rings. The van der Waals surface area contributed by atoms with Gasteiger partial charge in [0.25, 0.3) is 0 Å². The summed E-state index contributed by atoms with van der Waals surface area (Å²) < 4.78 is 27.8. The second-order valence-electron chi connectivity index (χ2n) is 3.49. The number of nitrogens with two attached hydrogens (primary N) is 1. The molecule has 0 aliphatic carbocycles. The van der Waals surface area contributed by atoms with Crippen LogP contribution in [0.25, 0.3) is 11.4 Å². The molecule has 0 fully saturated rings. The van der Waals surface area contributed by atoms with E-state index >= 15 is 0 Å². The zero-order valence-corrected chi connectivity index (χ0v) is 8.98. The number of rotatable bonds is 4. The molecule has 0 radical (unpaired) electrons. The summed E-state index contributed by atoms with van der Waals surface area (Å²) in [6, 6.07) is 3.28. The lowest BCUT2D eigenvalue weighted by molar-refractivity contribution is 0.561. The molecule has 2 rings (SSSR count). The molecule has 0 bridgehead atoms. The number of aryl methyl sites for hydroxylation is 1. The summed E-state index contributed by atoms with van der Waals surface area (Å²) in [6.07, 6.45) is 0.681. The predicted octanol–water partition coefficient (Wildman–Crippen LogP) is 0.967. The predicted molar refractivity (Wildman–Crippen MR) is 56.8 cm³/mol. The van der Waals surface area contributed by atoms with Gasteiger partial charge in [0, 0.05) is 12.6 Å². The monoisotopic (exact) mass is 239 g/mol. The standard InChI is InChI=1S/C10H11F2N5/c11-7-2-3-8(9(12)6-7)10-14-15-16-17(10)5-1-4-13/h2-3,6H,1,4-5,13H2. The minimum atomic E-state index is -0.686. The number of nitrogens with zero attached hydrogens (tertiary/aromatic N) is 4. The zero-order chi connectivity index (χ0) is 12.3. The van der Waals surface area contributed by atoms with E-state index in [1.165, 1.54) is 16.8 Å². The van der Waals surface area contributed by atoms with Crippen molar-refractivity contribution in [2.24, 2.45) is 5.73 Å². The zero-order valence-electron chi connectivity index (χ0n) is 8.98. The van der Waals surface area contributed by atoms with E-state index in [2.05, 4.69) is 15.5 Å². The SMILES string of the molecule is NCCCn1nnnc1-c1ccc(F)cc1F. The van der Waals surface area contributed by atoms with Crippen LogP contribution in [-0.4, -0.2) is 26.8 Å². The molecule has 1 heterocycles. The Labute approximate surface area is 96.2 Å². The van der Waals surface area contributed by atoms with Gasteiger partial charge >= 0.3 is 0 Å². The highest BCUT2D eigenvalue weighted by molar-refractivity contribution is 5.55. The number of benzene rings is 1. The van der Waals surface area contributed by atoms with E-state index in [9.17, 15) is 8.78 Å². The molecule has 90 valence electrons. The van der Waals surface area contributed by atoms with E-state index < -0.39 is 11.6 Å². The molecule has 0 amide bonds. The lowest BCUT2D eigenvalue weighted by atomic mass is 10.2. The molecule has 2 N–H and O–H groups in total. The van der Waals surface area contributed by atoms with E-state index in [0.717, 1.165) is 6.07 Å². The second kappa shape index (κ2) is 4.96. The molecule has 7 heteroatoms. The highest BCUT2D eigenvalue weighted by Crippen LogP contribution is 2.20. The Morgan fingerprint density at radius 2 is 2.12 bits per heavy atom. The Hall–Kier alpha value is -1.89. The summed E-state index contributed by atoms with van der Waals surface area (Å²) in [5.41, 5.74) is 5.55. The van der Waals surface area contributed by atoms with Crippen molar-refractivity contribution in [2.45, 2.75) is 13.0 Å². The van der Waals surface area contributed by atoms with Crippen LogP contribution in [-0.2, 0) is 6.54 Å². The van der Waals surface area contributed by atoms with E-state index in [1.54, 1.807) is 0 Å². The van der Waals surface area contributed by atoms with Crippen LogP contribution in [0.15, 0.2) is 18.2 Å². The van der Waals surface area contributed by atoms with Crippen molar-refractivity contribution in [2.75, 3.05) is 6.54 Å². The highest BCUT2D eigenvalue weighted by Gasteiger charge is 2.13. The molecule has 0 unspecified atom stereocenters. The Bertz CT molecular complexity index is 511. The first-order chi connectivity index (χ1) is 8.22. The van der Waals surface area contributed by atoms with Crippen molar-refractivity contribution < 1.29 is 8.78 Å². The largest absolute Gasteiger partial charge is 0.330 e. The van der Waals surface area contributed by atoms with Gasteiger partial charge in [-0.1, -0.05) is 0 Å². The molecule has 0 saturated heterocycles. The maximum absolute atomic E-state index is 13.5. The van der Waals surface area contributed by atoms with Gasteiger partial charge < -0.3 is 5.73 Å². The average molecular weight is 239 g/mol. The number of halogens is 2. The lowest BCUT2D eigenvalue weighted by Crippen LogP contribution is -2.09. The summed E-state index contributed by atoms with van der Waals surface area (Å²) in [5, 5.41) is 10.9. The van der Waals surface area contributed by atoms with E-state index in [4.69, 9.17) is 5.73 Å². The van der Waals surface area contributed by atoms with Gasteiger partial charge in [0.15, 0.2) is 5.82 Å². The Kier molecular flexibility index (Phi) is 3.38. The van der Waals surface area contributed by atoms with Gasteiger partial charge in [-0.3, -0.25) is 0 Å². The van der Waals surface area contributed by atoms with Crippen molar-refractivity contribution >= 4 is 0 Å². The molecule has 17 heavy (non-hydrogen) atoms. The fourth-order valence-corrected chi connectivity index (χ4v) is 1.46. The van der Waals surface area contributed by atoms with E-state index in [-0.39, 0.29) is 11.4 Å². The minimum absolute atomic E-state index is 0.174. The van der Waals surface area contributed by atoms with E-state index in [1.807, 2.05) is 0 Å². The Morgan fingerprint density at radius 1 is 1.29 bits per heavy atom. The first-order valence-corrected chi connectivity index (χ1v) is 5.14. The van der Waals surface area contributed by atoms with Crippen molar-refractivity contribution in [3.05, 3.63) is 29.8 Å². The van der Waals surface area contributed by atoms with Gasteiger partial charge in [-0.2, -0.15) is 0 Å². The Balaban J connectivity index is 2.35. The third-order valence-electron chi connectivity index (χ3n) is 2.28. The molecule has 0 spiro atoms. The van der Waals surface area contributed by atoms with Crippen LogP contribution in [0.4, 0.5) is 8.78 Å². The smallest absolute Gasteiger partial charge is 0.184 e. The number of tetrazole rings is 1. The highest BCUT2D eigenvalue weighted by atomic mass is 19.1. The maximum Gasteiger partial charge on any atom is 0.184 e. The van der Waals surface area contributed by atoms with Crippen LogP contribution >= 0.6 is 0 Å². The first-order valence-electron chi connectivity index (χ1n) is 5.14. The van der Waals surface area contributed by atoms with E-state index in [0.29, 0.717) is 19.5 Å². The quantitative estimate of drug-likeness (QED) is 0.863. The topological polar surface area (TPSA) is 69.6 Å². The second-order valence-corrected chi connectivity index (χ2v) is 3.49. The van der Waals surface area contributed by atoms with Crippen LogP contribution in [0.1, 0.15) is 6.42 Å². The van der Waals surface area contributed by atoms with Crippen LogP contribution < -0.4 is 5.73 Å². The molecule has 2 aromatic rings. The van der Waals surface area contributed by atoms with Gasteiger partial charge in [0.2, 0.25) is 0 Å². The summed E-state index contributed by atoms with van der Waals surface area (Å²) in [5.74, 6) is -1.04. The lowest BCUT2D eigenvalue weighted by Gasteiger charge is -2.04. The molecular weight excluding hydrogens is 228 g/mol. The Morgan fingerprint density at radius 3 is 2.82 bits per heavy atom. The van der Waals surface area contributed by atoms with Crippen molar-refractivity contribution in [3.8, 4) is 11.4 Å². The van der Waals surface area contributed by atoms with Crippen molar-refractivity contribution in [3.63, 3.8) is 0 Å². The third-order valence-corrected chi connectivity index (χ3v) is 2.28. The van der Waals surface area contributed by atoms with Crippen molar-refractivity contribution in [1.82, 2.24) is 20.2 Å². The summed E-state index contributed by atoms with van der Waals surface area (Å²) in [6.45, 7) is 0.987. The molecule has 5 nitrogen and oxygen atoms in total. The molecule has 0 aliphatic heterocycles. The van der Waals surface area contributed by atoms with Gasteiger partial charge in [-0.25, -0.2) is 13.5 Å². The van der Waals surface area contributed by atoms with Crippen LogP contribution in [0, 0.1) is 11.6 Å². The van der Waals surface area contributed by atoms with Crippen molar-refractivity contribution in [1.29, 1.82) is 0 Å². The van der Waals surface area contributed by atoms with Crippen LogP contribution in [0.3, 0.4) is 0 Å².